The minimum atomic E-state index is -0.230. The van der Waals surface area contributed by atoms with E-state index in [4.69, 9.17) is 4.74 Å². The number of para-hydroxylation sites is 1. The van der Waals surface area contributed by atoms with E-state index in [1.165, 1.54) is 0 Å². The number of nitrogens with one attached hydrogen (secondary N) is 1. The summed E-state index contributed by atoms with van der Waals surface area (Å²) in [5.41, 5.74) is 4.38. The fraction of sp³-hybridized carbons (Fsp3) is 0.154. The number of rotatable bonds is 5. The van der Waals surface area contributed by atoms with Crippen LogP contribution in [0.15, 0.2) is 77.6 Å². The Morgan fingerprint density at radius 2 is 1.71 bits per heavy atom. The highest BCUT2D eigenvalue weighted by atomic mass is 16.5. The summed E-state index contributed by atoms with van der Waals surface area (Å²) in [5, 5.41) is 0.934. The van der Waals surface area contributed by atoms with E-state index in [0.29, 0.717) is 16.9 Å². The zero-order valence-corrected chi connectivity index (χ0v) is 17.8. The summed E-state index contributed by atoms with van der Waals surface area (Å²) in [7, 11) is 1.54. The molecular formula is C26H24N2O3. The van der Waals surface area contributed by atoms with Crippen molar-refractivity contribution in [2.24, 2.45) is 0 Å². The zero-order chi connectivity index (χ0) is 22.0. The van der Waals surface area contributed by atoms with Crippen LogP contribution in [-0.2, 0) is 6.54 Å². The van der Waals surface area contributed by atoms with Crippen molar-refractivity contribution in [3.8, 4) is 5.75 Å². The number of ether oxygens (including phenoxy) is 1. The quantitative estimate of drug-likeness (QED) is 0.502. The van der Waals surface area contributed by atoms with E-state index in [2.05, 4.69) is 4.98 Å². The molecule has 3 aromatic carbocycles. The van der Waals surface area contributed by atoms with Crippen LogP contribution in [0.2, 0.25) is 0 Å². The van der Waals surface area contributed by atoms with Gasteiger partial charge in [-0.3, -0.25) is 9.59 Å². The lowest BCUT2D eigenvalue weighted by atomic mass is 10.1. The Morgan fingerprint density at radius 3 is 2.48 bits per heavy atom. The largest absolute Gasteiger partial charge is 0.496 e. The topological polar surface area (TPSA) is 62.4 Å². The highest BCUT2D eigenvalue weighted by Crippen LogP contribution is 2.26. The predicted octanol–water partition coefficient (Wildman–Crippen LogP) is 5.00. The summed E-state index contributed by atoms with van der Waals surface area (Å²) in [6.07, 6.45) is 0. The first kappa shape index (κ1) is 20.4. The van der Waals surface area contributed by atoms with Gasteiger partial charge in [0.25, 0.3) is 11.5 Å². The summed E-state index contributed by atoms with van der Waals surface area (Å²) in [6.45, 7) is 4.12. The van der Waals surface area contributed by atoms with E-state index >= 15 is 0 Å². The van der Waals surface area contributed by atoms with Crippen molar-refractivity contribution in [2.45, 2.75) is 20.4 Å². The van der Waals surface area contributed by atoms with Gasteiger partial charge in [0, 0.05) is 16.8 Å². The molecule has 0 unspecified atom stereocenters. The number of methoxy groups -OCH3 is 1. The van der Waals surface area contributed by atoms with Gasteiger partial charge in [-0.05, 0) is 67.3 Å². The van der Waals surface area contributed by atoms with Gasteiger partial charge in [-0.15, -0.1) is 0 Å². The van der Waals surface area contributed by atoms with Gasteiger partial charge in [-0.2, -0.15) is 0 Å². The number of aromatic amines is 1. The van der Waals surface area contributed by atoms with Gasteiger partial charge in [0.05, 0.1) is 19.2 Å². The third-order valence-corrected chi connectivity index (χ3v) is 5.30. The molecule has 0 saturated heterocycles. The number of fused-ring (bicyclic) bond motifs is 1. The standard InChI is InChI=1S/C26H24N2O3/c1-17-7-6-8-21(14-17)28(26(30)22-9-4-5-10-24(22)31-3)16-20-15-19-13-18(2)11-12-23(19)27-25(20)29/h4-15H,16H2,1-3H3,(H,27,29). The fourth-order valence-corrected chi connectivity index (χ4v) is 3.70. The molecule has 4 rings (SSSR count). The van der Waals surface area contributed by atoms with Crippen LogP contribution in [-0.4, -0.2) is 18.0 Å². The Bertz CT molecular complexity index is 1320. The maximum Gasteiger partial charge on any atom is 0.262 e. The summed E-state index contributed by atoms with van der Waals surface area (Å²) in [6, 6.07) is 22.5. The number of pyridine rings is 1. The molecule has 156 valence electrons. The Morgan fingerprint density at radius 1 is 0.935 bits per heavy atom. The van der Waals surface area contributed by atoms with Gasteiger partial charge in [-0.25, -0.2) is 0 Å². The first-order valence-electron chi connectivity index (χ1n) is 10.1. The number of carbonyl (C=O) groups excluding carboxylic acids is 1. The van der Waals surface area contributed by atoms with Crippen LogP contribution < -0.4 is 15.2 Å². The van der Waals surface area contributed by atoms with E-state index in [1.807, 2.05) is 68.4 Å². The van der Waals surface area contributed by atoms with Crippen molar-refractivity contribution in [3.63, 3.8) is 0 Å². The lowest BCUT2D eigenvalue weighted by Crippen LogP contribution is -2.33. The van der Waals surface area contributed by atoms with Crippen molar-refractivity contribution in [3.05, 3.63) is 105 Å². The molecule has 0 fully saturated rings. The Kier molecular flexibility index (Phi) is 5.58. The number of nitrogens with zero attached hydrogens (tertiary/aromatic N) is 1. The minimum absolute atomic E-state index is 0.138. The number of anilines is 1. The molecule has 0 atom stereocenters. The molecule has 5 heteroatoms. The van der Waals surface area contributed by atoms with Gasteiger partial charge in [0.15, 0.2) is 0 Å². The van der Waals surface area contributed by atoms with E-state index in [0.717, 1.165) is 27.7 Å². The third-order valence-electron chi connectivity index (χ3n) is 5.30. The number of aryl methyl sites for hydroxylation is 2. The molecule has 5 nitrogen and oxygen atoms in total. The van der Waals surface area contributed by atoms with Gasteiger partial charge >= 0.3 is 0 Å². The normalized spacial score (nSPS) is 10.8. The Labute approximate surface area is 180 Å². The van der Waals surface area contributed by atoms with Crippen LogP contribution >= 0.6 is 0 Å². The van der Waals surface area contributed by atoms with Gasteiger partial charge in [0.1, 0.15) is 5.75 Å². The second-order valence-corrected chi connectivity index (χ2v) is 7.64. The number of carbonyl (C=O) groups is 1. The molecule has 0 saturated carbocycles. The number of aromatic nitrogens is 1. The molecule has 0 radical (unpaired) electrons. The molecule has 1 heterocycles. The van der Waals surface area contributed by atoms with Gasteiger partial charge < -0.3 is 14.6 Å². The van der Waals surface area contributed by atoms with Crippen LogP contribution in [0, 0.1) is 13.8 Å². The van der Waals surface area contributed by atoms with E-state index in [1.54, 1.807) is 30.2 Å². The molecule has 1 amide bonds. The third kappa shape index (κ3) is 4.21. The zero-order valence-electron chi connectivity index (χ0n) is 17.8. The number of hydrogen-bond donors (Lipinski definition) is 1. The molecule has 1 N–H and O–H groups in total. The molecule has 31 heavy (non-hydrogen) atoms. The fourth-order valence-electron chi connectivity index (χ4n) is 3.70. The lowest BCUT2D eigenvalue weighted by molar-refractivity contribution is 0.0982. The van der Waals surface area contributed by atoms with Crippen LogP contribution in [0.4, 0.5) is 5.69 Å². The summed E-state index contributed by atoms with van der Waals surface area (Å²) in [4.78, 5) is 31.0. The summed E-state index contributed by atoms with van der Waals surface area (Å²) in [5.74, 6) is 0.264. The number of H-pyrrole nitrogens is 1. The average Bonchev–Trinajstić information content (AvgIpc) is 2.77. The van der Waals surface area contributed by atoms with Crippen molar-refractivity contribution in [1.29, 1.82) is 0 Å². The van der Waals surface area contributed by atoms with Gasteiger partial charge in [-0.1, -0.05) is 35.9 Å². The SMILES string of the molecule is COc1ccccc1C(=O)N(Cc1cc2cc(C)ccc2[nH]c1=O)c1cccc(C)c1. The second-order valence-electron chi connectivity index (χ2n) is 7.64. The van der Waals surface area contributed by atoms with E-state index < -0.39 is 0 Å². The van der Waals surface area contributed by atoms with Crippen molar-refractivity contribution in [1.82, 2.24) is 4.98 Å². The lowest BCUT2D eigenvalue weighted by Gasteiger charge is -2.24. The van der Waals surface area contributed by atoms with Crippen LogP contribution in [0.5, 0.6) is 5.75 Å². The highest BCUT2D eigenvalue weighted by molar-refractivity contribution is 6.07. The predicted molar refractivity (Wildman–Crippen MR) is 124 cm³/mol. The van der Waals surface area contributed by atoms with Crippen molar-refractivity contribution in [2.75, 3.05) is 12.0 Å². The molecule has 4 aromatic rings. The van der Waals surface area contributed by atoms with Crippen molar-refractivity contribution < 1.29 is 9.53 Å². The molecule has 0 aliphatic carbocycles. The molecule has 0 aliphatic heterocycles. The number of amides is 1. The van der Waals surface area contributed by atoms with Gasteiger partial charge in [0.2, 0.25) is 0 Å². The van der Waals surface area contributed by atoms with Crippen molar-refractivity contribution >= 4 is 22.5 Å². The average molecular weight is 412 g/mol. The maximum atomic E-state index is 13.6. The Hall–Kier alpha value is -3.86. The first-order chi connectivity index (χ1) is 15.0. The molecule has 0 spiro atoms. The second kappa shape index (κ2) is 8.48. The van der Waals surface area contributed by atoms with Crippen LogP contribution in [0.1, 0.15) is 27.0 Å². The summed E-state index contributed by atoms with van der Waals surface area (Å²) < 4.78 is 5.41. The minimum Gasteiger partial charge on any atom is -0.496 e. The first-order valence-corrected chi connectivity index (χ1v) is 10.1. The Balaban J connectivity index is 1.82. The highest BCUT2D eigenvalue weighted by Gasteiger charge is 2.22. The molecule has 1 aromatic heterocycles. The monoisotopic (exact) mass is 412 g/mol. The number of benzene rings is 3. The van der Waals surface area contributed by atoms with Crippen LogP contribution in [0.25, 0.3) is 10.9 Å². The van der Waals surface area contributed by atoms with Crippen LogP contribution in [0.3, 0.4) is 0 Å². The smallest absolute Gasteiger partial charge is 0.262 e. The summed E-state index contributed by atoms with van der Waals surface area (Å²) >= 11 is 0. The molecular weight excluding hydrogens is 388 g/mol. The molecule has 0 bridgehead atoms. The maximum absolute atomic E-state index is 13.6. The number of hydrogen-bond acceptors (Lipinski definition) is 3. The van der Waals surface area contributed by atoms with E-state index in [9.17, 15) is 9.59 Å². The molecule has 0 aliphatic rings. The van der Waals surface area contributed by atoms with E-state index in [-0.39, 0.29) is 18.0 Å².